The van der Waals surface area contributed by atoms with E-state index >= 15 is 0 Å². The summed E-state index contributed by atoms with van der Waals surface area (Å²) in [5, 5.41) is 4.29. The summed E-state index contributed by atoms with van der Waals surface area (Å²) < 4.78 is 30.6. The number of hydrogen-bond acceptors (Lipinski definition) is 5. The van der Waals surface area contributed by atoms with Crippen LogP contribution in [-0.2, 0) is 22.6 Å². The molecule has 1 aromatic heterocycles. The van der Waals surface area contributed by atoms with Crippen LogP contribution < -0.4 is 19.5 Å². The minimum atomic E-state index is -1.01. The standard InChI is InChI=1S/C35H40FN3O5/c1-42-30-19-25(20-31(43-2)34(30)44-3)33(35(41)38-27-9-5-4-6-10-27)39(22-23-13-16-26(36)17-14-23)32(40)18-15-24-21-37-29-12-8-7-11-28(24)29/h7-8,11-14,16-17,19-21,27,33,37H,4-6,9-10,15,18,22H2,1-3H3,(H,38,41)/t33-/m0/s1. The molecule has 1 saturated carbocycles. The summed E-state index contributed by atoms with van der Waals surface area (Å²) in [6, 6.07) is 16.4. The Balaban J connectivity index is 1.55. The number of nitrogens with one attached hydrogen (secondary N) is 2. The van der Waals surface area contributed by atoms with Gasteiger partial charge in [-0.05, 0) is 66.3 Å². The zero-order valence-corrected chi connectivity index (χ0v) is 25.5. The molecule has 2 N–H and O–H groups in total. The molecular weight excluding hydrogens is 561 g/mol. The van der Waals surface area contributed by atoms with Crippen LogP contribution in [0, 0.1) is 5.82 Å². The molecule has 1 fully saturated rings. The molecule has 232 valence electrons. The summed E-state index contributed by atoms with van der Waals surface area (Å²) >= 11 is 0. The van der Waals surface area contributed by atoms with Crippen molar-refractivity contribution in [3.05, 3.63) is 89.4 Å². The highest BCUT2D eigenvalue weighted by atomic mass is 19.1. The Bertz CT molecular complexity index is 1550. The second-order valence-electron chi connectivity index (χ2n) is 11.2. The fraction of sp³-hybridized carbons (Fsp3) is 0.371. The molecule has 3 aromatic carbocycles. The highest BCUT2D eigenvalue weighted by Gasteiger charge is 2.34. The number of benzene rings is 3. The summed E-state index contributed by atoms with van der Waals surface area (Å²) in [5.74, 6) is 0.282. The number of amides is 2. The second kappa shape index (κ2) is 14.3. The molecule has 8 nitrogen and oxygen atoms in total. The Morgan fingerprint density at radius 1 is 0.955 bits per heavy atom. The zero-order valence-electron chi connectivity index (χ0n) is 25.5. The van der Waals surface area contributed by atoms with E-state index in [1.807, 2.05) is 30.5 Å². The minimum absolute atomic E-state index is 0.0229. The van der Waals surface area contributed by atoms with Crippen molar-refractivity contribution in [3.63, 3.8) is 0 Å². The number of aromatic amines is 1. The molecule has 1 aliphatic rings. The summed E-state index contributed by atoms with van der Waals surface area (Å²) in [6.07, 6.45) is 7.59. The van der Waals surface area contributed by atoms with E-state index in [0.717, 1.165) is 48.6 Å². The summed E-state index contributed by atoms with van der Waals surface area (Å²) in [7, 11) is 4.55. The molecule has 0 bridgehead atoms. The first kappa shape index (κ1) is 30.9. The van der Waals surface area contributed by atoms with Gasteiger partial charge in [-0.15, -0.1) is 0 Å². The van der Waals surface area contributed by atoms with E-state index in [-0.39, 0.29) is 36.6 Å². The number of carbonyl (C=O) groups excluding carboxylic acids is 2. The van der Waals surface area contributed by atoms with Crippen molar-refractivity contribution in [3.8, 4) is 17.2 Å². The maximum Gasteiger partial charge on any atom is 0.247 e. The predicted octanol–water partition coefficient (Wildman–Crippen LogP) is 6.48. The van der Waals surface area contributed by atoms with Crippen molar-refractivity contribution in [1.82, 2.24) is 15.2 Å². The van der Waals surface area contributed by atoms with Gasteiger partial charge in [-0.3, -0.25) is 9.59 Å². The van der Waals surface area contributed by atoms with Crippen molar-refractivity contribution in [2.45, 2.75) is 63.6 Å². The number of methoxy groups -OCH3 is 3. The van der Waals surface area contributed by atoms with Crippen LogP contribution in [0.15, 0.2) is 66.9 Å². The molecule has 44 heavy (non-hydrogen) atoms. The molecule has 1 aliphatic carbocycles. The highest BCUT2D eigenvalue weighted by molar-refractivity contribution is 5.90. The third kappa shape index (κ3) is 6.98. The van der Waals surface area contributed by atoms with Crippen LogP contribution >= 0.6 is 0 Å². The zero-order chi connectivity index (χ0) is 31.1. The van der Waals surface area contributed by atoms with E-state index in [1.54, 1.807) is 29.2 Å². The maximum atomic E-state index is 14.3. The number of rotatable bonds is 12. The van der Waals surface area contributed by atoms with Gasteiger partial charge < -0.3 is 29.4 Å². The van der Waals surface area contributed by atoms with Gasteiger partial charge in [0.1, 0.15) is 11.9 Å². The van der Waals surface area contributed by atoms with Crippen LogP contribution in [0.4, 0.5) is 4.39 Å². The smallest absolute Gasteiger partial charge is 0.247 e. The third-order valence-electron chi connectivity index (χ3n) is 8.38. The van der Waals surface area contributed by atoms with Crippen LogP contribution in [0.25, 0.3) is 10.9 Å². The van der Waals surface area contributed by atoms with Gasteiger partial charge in [-0.1, -0.05) is 49.6 Å². The van der Waals surface area contributed by atoms with Crippen LogP contribution in [0.5, 0.6) is 17.2 Å². The van der Waals surface area contributed by atoms with Crippen LogP contribution in [-0.4, -0.2) is 49.1 Å². The Hall–Kier alpha value is -4.53. The van der Waals surface area contributed by atoms with E-state index in [9.17, 15) is 14.0 Å². The number of aromatic nitrogens is 1. The maximum absolute atomic E-state index is 14.3. The molecule has 0 unspecified atom stereocenters. The SMILES string of the molecule is COc1cc([C@@H](C(=O)NC2CCCCC2)N(Cc2ccc(F)cc2)C(=O)CCc2c[nH]c3ccccc23)cc(OC)c1OC. The number of fused-ring (bicyclic) bond motifs is 1. The molecule has 9 heteroatoms. The lowest BCUT2D eigenvalue weighted by Crippen LogP contribution is -2.47. The molecule has 1 heterocycles. The largest absolute Gasteiger partial charge is 0.493 e. The number of carbonyl (C=O) groups is 2. The number of para-hydroxylation sites is 1. The normalized spacial score (nSPS) is 14.2. The molecule has 0 radical (unpaired) electrons. The fourth-order valence-electron chi connectivity index (χ4n) is 6.09. The van der Waals surface area contributed by atoms with Gasteiger partial charge in [-0.25, -0.2) is 4.39 Å². The first-order valence-corrected chi connectivity index (χ1v) is 15.1. The highest BCUT2D eigenvalue weighted by Crippen LogP contribution is 2.41. The number of nitrogens with zero attached hydrogens (tertiary/aromatic N) is 1. The van der Waals surface area contributed by atoms with E-state index < -0.39 is 6.04 Å². The molecule has 4 aromatic rings. The predicted molar refractivity (Wildman–Crippen MR) is 167 cm³/mol. The first-order chi connectivity index (χ1) is 21.4. The van der Waals surface area contributed by atoms with Crippen LogP contribution in [0.2, 0.25) is 0 Å². The van der Waals surface area contributed by atoms with Crippen molar-refractivity contribution in [1.29, 1.82) is 0 Å². The van der Waals surface area contributed by atoms with Gasteiger partial charge in [0.25, 0.3) is 0 Å². The Morgan fingerprint density at radius 3 is 2.30 bits per heavy atom. The quantitative estimate of drug-likeness (QED) is 0.194. The van der Waals surface area contributed by atoms with Gasteiger partial charge in [0.15, 0.2) is 11.5 Å². The molecule has 2 amide bonds. The van der Waals surface area contributed by atoms with Crippen molar-refractivity contribution < 1.29 is 28.2 Å². The average Bonchev–Trinajstić information content (AvgIpc) is 3.47. The molecular formula is C35H40FN3O5. The van der Waals surface area contributed by atoms with Crippen LogP contribution in [0.3, 0.4) is 0 Å². The number of hydrogen-bond donors (Lipinski definition) is 2. The Kier molecular flexibility index (Phi) is 10.0. The van der Waals surface area contributed by atoms with Crippen molar-refractivity contribution in [2.24, 2.45) is 0 Å². The number of halogens is 1. The lowest BCUT2D eigenvalue weighted by atomic mass is 9.94. The van der Waals surface area contributed by atoms with E-state index in [2.05, 4.69) is 10.3 Å². The van der Waals surface area contributed by atoms with Crippen LogP contribution in [0.1, 0.15) is 61.3 Å². The molecule has 0 aliphatic heterocycles. The van der Waals surface area contributed by atoms with Gasteiger partial charge >= 0.3 is 0 Å². The number of H-pyrrole nitrogens is 1. The first-order valence-electron chi connectivity index (χ1n) is 15.1. The van der Waals surface area contributed by atoms with Gasteiger partial charge in [-0.2, -0.15) is 0 Å². The minimum Gasteiger partial charge on any atom is -0.493 e. The monoisotopic (exact) mass is 601 g/mol. The third-order valence-corrected chi connectivity index (χ3v) is 8.38. The van der Waals surface area contributed by atoms with E-state index in [1.165, 1.54) is 33.5 Å². The molecule has 1 atom stereocenters. The Labute approximate surface area is 257 Å². The summed E-state index contributed by atoms with van der Waals surface area (Å²) in [5.41, 5.74) is 3.25. The lowest BCUT2D eigenvalue weighted by molar-refractivity contribution is -0.142. The van der Waals surface area contributed by atoms with Gasteiger partial charge in [0.05, 0.1) is 21.3 Å². The topological polar surface area (TPSA) is 92.9 Å². The molecule has 0 saturated heterocycles. The Morgan fingerprint density at radius 2 is 1.64 bits per heavy atom. The van der Waals surface area contributed by atoms with Gasteiger partial charge in [0.2, 0.25) is 17.6 Å². The number of aryl methyl sites for hydroxylation is 1. The van der Waals surface area contributed by atoms with E-state index in [0.29, 0.717) is 34.8 Å². The lowest BCUT2D eigenvalue weighted by Gasteiger charge is -2.34. The van der Waals surface area contributed by atoms with Crippen molar-refractivity contribution >= 4 is 22.7 Å². The van der Waals surface area contributed by atoms with E-state index in [4.69, 9.17) is 14.2 Å². The summed E-state index contributed by atoms with van der Waals surface area (Å²) in [4.78, 5) is 33.4. The molecule has 0 spiro atoms. The van der Waals surface area contributed by atoms with Gasteiger partial charge in [0, 0.05) is 36.1 Å². The second-order valence-corrected chi connectivity index (χ2v) is 11.2. The van der Waals surface area contributed by atoms with Crippen molar-refractivity contribution in [2.75, 3.05) is 21.3 Å². The summed E-state index contributed by atoms with van der Waals surface area (Å²) in [6.45, 7) is 0.104. The fourth-order valence-corrected chi connectivity index (χ4v) is 6.09. The number of ether oxygens (including phenoxy) is 3. The average molecular weight is 602 g/mol. The molecule has 5 rings (SSSR count).